The van der Waals surface area contributed by atoms with E-state index in [9.17, 15) is 14.4 Å². The van der Waals surface area contributed by atoms with Gasteiger partial charge in [0, 0.05) is 11.6 Å². The van der Waals surface area contributed by atoms with Crippen LogP contribution in [-0.2, 0) is 20.4 Å². The number of rotatable bonds is 8. The SMILES string of the molecule is CCC(C)(C)c1ccc(OCN2C(=O)CC(=O)N(C3CCCCC3)C2=O)c(C(C)(C)CC)c1. The van der Waals surface area contributed by atoms with Crippen LogP contribution in [0.3, 0.4) is 0 Å². The summed E-state index contributed by atoms with van der Waals surface area (Å²) < 4.78 is 6.12. The molecule has 1 aromatic rings. The maximum Gasteiger partial charge on any atom is 0.336 e. The van der Waals surface area contributed by atoms with Crippen LogP contribution in [0.5, 0.6) is 5.75 Å². The van der Waals surface area contributed by atoms with Crippen LogP contribution in [0.15, 0.2) is 18.2 Å². The van der Waals surface area contributed by atoms with Gasteiger partial charge in [-0.25, -0.2) is 9.69 Å². The van der Waals surface area contributed by atoms with E-state index in [0.29, 0.717) is 5.75 Å². The quantitative estimate of drug-likeness (QED) is 0.456. The predicted octanol–water partition coefficient (Wildman–Crippen LogP) is 5.91. The Hall–Kier alpha value is -2.37. The second-order valence-corrected chi connectivity index (χ2v) is 10.8. The van der Waals surface area contributed by atoms with E-state index in [1.165, 1.54) is 10.5 Å². The number of ether oxygens (including phenoxy) is 1. The number of urea groups is 1. The van der Waals surface area contributed by atoms with Crippen LogP contribution in [0.25, 0.3) is 0 Å². The molecule has 2 aliphatic rings. The summed E-state index contributed by atoms with van der Waals surface area (Å²) in [5, 5.41) is 0. The molecule has 0 spiro atoms. The van der Waals surface area contributed by atoms with Gasteiger partial charge in [-0.3, -0.25) is 14.5 Å². The van der Waals surface area contributed by atoms with Crippen molar-refractivity contribution in [2.45, 2.75) is 110 Å². The van der Waals surface area contributed by atoms with Gasteiger partial charge in [0.1, 0.15) is 12.2 Å². The molecule has 1 aliphatic carbocycles. The van der Waals surface area contributed by atoms with E-state index in [1.807, 2.05) is 6.07 Å². The fraction of sp³-hybridized carbons (Fsp3) is 0.667. The molecule has 3 rings (SSSR count). The average molecular weight is 457 g/mol. The molecule has 0 radical (unpaired) electrons. The van der Waals surface area contributed by atoms with E-state index in [-0.39, 0.29) is 35.9 Å². The summed E-state index contributed by atoms with van der Waals surface area (Å²) >= 11 is 0. The van der Waals surface area contributed by atoms with Crippen molar-refractivity contribution >= 4 is 17.8 Å². The summed E-state index contributed by atoms with van der Waals surface area (Å²) in [5.74, 6) is -0.191. The number of hydrogen-bond acceptors (Lipinski definition) is 4. The number of amides is 4. The van der Waals surface area contributed by atoms with Crippen molar-refractivity contribution < 1.29 is 19.1 Å². The minimum atomic E-state index is -0.539. The van der Waals surface area contributed by atoms with Crippen LogP contribution < -0.4 is 4.74 Å². The zero-order valence-electron chi connectivity index (χ0n) is 21.2. The van der Waals surface area contributed by atoms with E-state index in [0.717, 1.165) is 55.4 Å². The molecule has 1 saturated carbocycles. The van der Waals surface area contributed by atoms with Gasteiger partial charge in [-0.15, -0.1) is 0 Å². The molecule has 0 unspecified atom stereocenters. The normalized spacial score (nSPS) is 18.8. The predicted molar refractivity (Wildman–Crippen MR) is 129 cm³/mol. The molecule has 182 valence electrons. The third-order valence-corrected chi connectivity index (χ3v) is 7.86. The molecular weight excluding hydrogens is 416 g/mol. The number of barbiturate groups is 1. The highest BCUT2D eigenvalue weighted by atomic mass is 16.5. The Morgan fingerprint density at radius 2 is 1.55 bits per heavy atom. The van der Waals surface area contributed by atoms with Gasteiger partial charge >= 0.3 is 6.03 Å². The van der Waals surface area contributed by atoms with Crippen LogP contribution in [-0.4, -0.2) is 40.4 Å². The Labute approximate surface area is 198 Å². The van der Waals surface area contributed by atoms with Crippen molar-refractivity contribution in [2.75, 3.05) is 6.73 Å². The fourth-order valence-electron chi connectivity index (χ4n) is 4.61. The van der Waals surface area contributed by atoms with Crippen LogP contribution in [0.2, 0.25) is 0 Å². The fourth-order valence-corrected chi connectivity index (χ4v) is 4.61. The molecular formula is C27H40N2O4. The van der Waals surface area contributed by atoms with Crippen LogP contribution >= 0.6 is 0 Å². The molecule has 0 atom stereocenters. The van der Waals surface area contributed by atoms with Crippen molar-refractivity contribution in [2.24, 2.45) is 0 Å². The molecule has 6 heteroatoms. The number of imide groups is 2. The Kier molecular flexibility index (Phi) is 7.55. The standard InChI is InChI=1S/C27H40N2O4/c1-7-26(3,4)19-14-15-22(21(16-19)27(5,6)8-2)33-18-28-23(30)17-24(31)29(25(28)32)20-12-10-9-11-13-20/h14-16,20H,7-13,17-18H2,1-6H3. The molecule has 2 fully saturated rings. The highest BCUT2D eigenvalue weighted by molar-refractivity contribution is 6.14. The second-order valence-electron chi connectivity index (χ2n) is 10.8. The molecule has 0 N–H and O–H groups in total. The number of carbonyl (C=O) groups is 3. The maximum atomic E-state index is 13.2. The minimum absolute atomic E-state index is 0.0385. The summed E-state index contributed by atoms with van der Waals surface area (Å²) in [6, 6.07) is 5.59. The summed E-state index contributed by atoms with van der Waals surface area (Å²) in [7, 11) is 0. The molecule has 1 heterocycles. The van der Waals surface area contributed by atoms with E-state index in [4.69, 9.17) is 4.74 Å². The Morgan fingerprint density at radius 1 is 0.909 bits per heavy atom. The smallest absolute Gasteiger partial charge is 0.336 e. The van der Waals surface area contributed by atoms with Gasteiger partial charge in [-0.2, -0.15) is 0 Å². The number of nitrogens with zero attached hydrogens (tertiary/aromatic N) is 2. The number of carbonyl (C=O) groups excluding carboxylic acids is 3. The van der Waals surface area contributed by atoms with Gasteiger partial charge < -0.3 is 4.74 Å². The molecule has 1 aliphatic heterocycles. The molecule has 33 heavy (non-hydrogen) atoms. The van der Waals surface area contributed by atoms with Crippen molar-refractivity contribution in [1.82, 2.24) is 9.80 Å². The highest BCUT2D eigenvalue weighted by Gasteiger charge is 2.42. The molecule has 4 amide bonds. The first-order valence-electron chi connectivity index (χ1n) is 12.5. The zero-order valence-corrected chi connectivity index (χ0v) is 21.2. The molecule has 1 aromatic carbocycles. The van der Waals surface area contributed by atoms with Gasteiger partial charge in [0.05, 0.1) is 0 Å². The Morgan fingerprint density at radius 3 is 2.15 bits per heavy atom. The second kappa shape index (κ2) is 9.86. The van der Waals surface area contributed by atoms with Gasteiger partial charge in [0.2, 0.25) is 11.8 Å². The zero-order chi connectivity index (χ0) is 24.4. The number of hydrogen-bond donors (Lipinski definition) is 0. The van der Waals surface area contributed by atoms with Gasteiger partial charge in [-0.1, -0.05) is 72.9 Å². The van der Waals surface area contributed by atoms with E-state index >= 15 is 0 Å². The summed E-state index contributed by atoms with van der Waals surface area (Å²) in [4.78, 5) is 40.7. The summed E-state index contributed by atoms with van der Waals surface area (Å²) in [6.07, 6.45) is 6.41. The van der Waals surface area contributed by atoms with Crippen LogP contribution in [0.4, 0.5) is 4.79 Å². The lowest BCUT2D eigenvalue weighted by Gasteiger charge is -2.39. The third-order valence-electron chi connectivity index (χ3n) is 7.86. The summed E-state index contributed by atoms with van der Waals surface area (Å²) in [5.41, 5.74) is 2.22. The lowest BCUT2D eigenvalue weighted by atomic mass is 9.76. The average Bonchev–Trinajstić information content (AvgIpc) is 2.79. The van der Waals surface area contributed by atoms with Crippen LogP contribution in [0, 0.1) is 0 Å². The summed E-state index contributed by atoms with van der Waals surface area (Å²) in [6.45, 7) is 13.0. The van der Waals surface area contributed by atoms with E-state index < -0.39 is 11.9 Å². The topological polar surface area (TPSA) is 66.9 Å². The first-order chi connectivity index (χ1) is 15.5. The van der Waals surface area contributed by atoms with Gasteiger partial charge in [0.25, 0.3) is 0 Å². The van der Waals surface area contributed by atoms with Crippen molar-refractivity contribution in [3.63, 3.8) is 0 Å². The van der Waals surface area contributed by atoms with Crippen molar-refractivity contribution in [3.05, 3.63) is 29.3 Å². The van der Waals surface area contributed by atoms with Crippen molar-refractivity contribution in [1.29, 1.82) is 0 Å². The van der Waals surface area contributed by atoms with E-state index in [1.54, 1.807) is 0 Å². The molecule has 1 saturated heterocycles. The molecule has 6 nitrogen and oxygen atoms in total. The molecule has 0 aromatic heterocycles. The third kappa shape index (κ3) is 5.25. The monoisotopic (exact) mass is 456 g/mol. The first-order valence-corrected chi connectivity index (χ1v) is 12.5. The number of benzene rings is 1. The highest BCUT2D eigenvalue weighted by Crippen LogP contribution is 2.38. The lowest BCUT2D eigenvalue weighted by Crippen LogP contribution is -2.59. The van der Waals surface area contributed by atoms with Gasteiger partial charge in [-0.05, 0) is 48.1 Å². The van der Waals surface area contributed by atoms with Crippen LogP contribution in [0.1, 0.15) is 104 Å². The van der Waals surface area contributed by atoms with Gasteiger partial charge in [0.15, 0.2) is 6.73 Å². The largest absolute Gasteiger partial charge is 0.472 e. The lowest BCUT2D eigenvalue weighted by molar-refractivity contribution is -0.146. The van der Waals surface area contributed by atoms with Crippen molar-refractivity contribution in [3.8, 4) is 5.75 Å². The first kappa shape index (κ1) is 25.3. The minimum Gasteiger partial charge on any atom is -0.472 e. The Balaban J connectivity index is 1.84. The van der Waals surface area contributed by atoms with E-state index in [2.05, 4.69) is 53.7 Å². The maximum absolute atomic E-state index is 13.2. The Bertz CT molecular complexity index is 899. The molecule has 0 bridgehead atoms.